The van der Waals surface area contributed by atoms with Crippen LogP contribution >= 0.6 is 0 Å². The Morgan fingerprint density at radius 1 is 1.17 bits per heavy atom. The van der Waals surface area contributed by atoms with E-state index >= 15 is 0 Å². The highest BCUT2D eigenvalue weighted by molar-refractivity contribution is 4.78. The van der Waals surface area contributed by atoms with Gasteiger partial charge in [-0.3, -0.25) is 0 Å². The van der Waals surface area contributed by atoms with E-state index in [0.717, 1.165) is 13.2 Å². The number of rotatable bonds is 7. The van der Waals surface area contributed by atoms with Crippen LogP contribution in [-0.4, -0.2) is 19.3 Å². The normalized spacial score (nSPS) is 21.2. The molecule has 0 bridgehead atoms. The average Bonchev–Trinajstić information content (AvgIpc) is 2.30. The van der Waals surface area contributed by atoms with E-state index in [4.69, 9.17) is 10.5 Å². The second kappa shape index (κ2) is 6.91. The highest BCUT2D eigenvalue weighted by Gasteiger charge is 2.26. The van der Waals surface area contributed by atoms with Crippen LogP contribution in [0.1, 0.15) is 72.6 Å². The Bertz CT molecular complexity index is 225. The SMILES string of the molecule is CC(C)(CN)CCCCOC1CCC(C)(C)CC1. The second-order valence-corrected chi connectivity index (χ2v) is 7.56. The van der Waals surface area contributed by atoms with Crippen molar-refractivity contribution in [2.45, 2.75) is 78.7 Å². The van der Waals surface area contributed by atoms with Crippen LogP contribution in [0.3, 0.4) is 0 Å². The van der Waals surface area contributed by atoms with Crippen molar-refractivity contribution in [3.05, 3.63) is 0 Å². The zero-order valence-electron chi connectivity index (χ0n) is 12.9. The topological polar surface area (TPSA) is 35.2 Å². The molecule has 1 aliphatic carbocycles. The lowest BCUT2D eigenvalue weighted by molar-refractivity contribution is 0.00216. The van der Waals surface area contributed by atoms with Crippen LogP contribution in [0.5, 0.6) is 0 Å². The van der Waals surface area contributed by atoms with Gasteiger partial charge >= 0.3 is 0 Å². The van der Waals surface area contributed by atoms with Gasteiger partial charge in [0, 0.05) is 6.61 Å². The van der Waals surface area contributed by atoms with Crippen molar-refractivity contribution < 1.29 is 4.74 Å². The maximum absolute atomic E-state index is 5.99. The van der Waals surface area contributed by atoms with Gasteiger partial charge in [0.1, 0.15) is 0 Å². The second-order valence-electron chi connectivity index (χ2n) is 7.56. The molecule has 2 nitrogen and oxygen atoms in total. The van der Waals surface area contributed by atoms with Crippen LogP contribution in [-0.2, 0) is 4.74 Å². The maximum atomic E-state index is 5.99. The third kappa shape index (κ3) is 6.19. The Kier molecular flexibility index (Phi) is 6.13. The Balaban J connectivity index is 2.02. The summed E-state index contributed by atoms with van der Waals surface area (Å²) in [6.45, 7) is 11.0. The lowest BCUT2D eigenvalue weighted by atomic mass is 9.76. The first kappa shape index (κ1) is 16.0. The molecule has 0 aromatic heterocycles. The van der Waals surface area contributed by atoms with Crippen molar-refractivity contribution >= 4 is 0 Å². The highest BCUT2D eigenvalue weighted by Crippen LogP contribution is 2.36. The molecule has 1 rings (SSSR count). The fourth-order valence-corrected chi connectivity index (χ4v) is 2.60. The van der Waals surface area contributed by atoms with E-state index in [9.17, 15) is 0 Å². The van der Waals surface area contributed by atoms with Gasteiger partial charge in [-0.15, -0.1) is 0 Å². The highest BCUT2D eigenvalue weighted by atomic mass is 16.5. The first-order chi connectivity index (χ1) is 8.35. The van der Waals surface area contributed by atoms with Gasteiger partial charge in [0.2, 0.25) is 0 Å². The summed E-state index contributed by atoms with van der Waals surface area (Å²) in [7, 11) is 0. The summed E-state index contributed by atoms with van der Waals surface area (Å²) >= 11 is 0. The smallest absolute Gasteiger partial charge is 0.0575 e. The van der Waals surface area contributed by atoms with Gasteiger partial charge in [0.25, 0.3) is 0 Å². The van der Waals surface area contributed by atoms with Crippen molar-refractivity contribution in [2.75, 3.05) is 13.2 Å². The van der Waals surface area contributed by atoms with Gasteiger partial charge in [0.15, 0.2) is 0 Å². The Labute approximate surface area is 114 Å². The van der Waals surface area contributed by atoms with E-state index in [2.05, 4.69) is 27.7 Å². The lowest BCUT2D eigenvalue weighted by Gasteiger charge is -2.34. The van der Waals surface area contributed by atoms with Crippen molar-refractivity contribution in [2.24, 2.45) is 16.6 Å². The first-order valence-electron chi connectivity index (χ1n) is 7.66. The van der Waals surface area contributed by atoms with Crippen LogP contribution in [0.15, 0.2) is 0 Å². The molecular weight excluding hydrogens is 222 g/mol. The molecule has 0 heterocycles. The molecule has 0 spiro atoms. The summed E-state index contributed by atoms with van der Waals surface area (Å²) in [6.07, 6.45) is 9.30. The molecule has 1 aliphatic rings. The molecule has 2 N–H and O–H groups in total. The molecule has 0 aromatic rings. The zero-order chi connectivity index (χ0) is 13.6. The fraction of sp³-hybridized carbons (Fsp3) is 1.00. The van der Waals surface area contributed by atoms with Crippen LogP contribution in [0.25, 0.3) is 0 Å². The van der Waals surface area contributed by atoms with Crippen LogP contribution < -0.4 is 5.73 Å². The molecule has 0 amide bonds. The molecule has 0 atom stereocenters. The largest absolute Gasteiger partial charge is 0.378 e. The third-order valence-corrected chi connectivity index (χ3v) is 4.44. The molecule has 0 aromatic carbocycles. The Hall–Kier alpha value is -0.0800. The molecular formula is C16H33NO. The van der Waals surface area contributed by atoms with Crippen LogP contribution in [0.2, 0.25) is 0 Å². The van der Waals surface area contributed by atoms with Crippen molar-refractivity contribution in [3.63, 3.8) is 0 Å². The number of hydrogen-bond donors (Lipinski definition) is 1. The molecule has 0 aliphatic heterocycles. The van der Waals surface area contributed by atoms with Crippen LogP contribution in [0, 0.1) is 10.8 Å². The lowest BCUT2D eigenvalue weighted by Crippen LogP contribution is -2.27. The summed E-state index contributed by atoms with van der Waals surface area (Å²) < 4.78 is 5.99. The summed E-state index contributed by atoms with van der Waals surface area (Å²) in [5, 5.41) is 0. The number of nitrogens with two attached hydrogens (primary N) is 1. The maximum Gasteiger partial charge on any atom is 0.0575 e. The van der Waals surface area contributed by atoms with Crippen molar-refractivity contribution in [1.82, 2.24) is 0 Å². The van der Waals surface area contributed by atoms with E-state index in [0.29, 0.717) is 16.9 Å². The molecule has 0 unspecified atom stereocenters. The summed E-state index contributed by atoms with van der Waals surface area (Å²) in [6, 6.07) is 0. The minimum Gasteiger partial charge on any atom is -0.378 e. The molecule has 1 saturated carbocycles. The Morgan fingerprint density at radius 2 is 1.78 bits per heavy atom. The molecule has 0 radical (unpaired) electrons. The van der Waals surface area contributed by atoms with Crippen molar-refractivity contribution in [1.29, 1.82) is 0 Å². The van der Waals surface area contributed by atoms with E-state index in [1.165, 1.54) is 44.9 Å². The molecule has 1 fully saturated rings. The van der Waals surface area contributed by atoms with Crippen LogP contribution in [0.4, 0.5) is 0 Å². The minimum absolute atomic E-state index is 0.300. The molecule has 2 heteroatoms. The Morgan fingerprint density at radius 3 is 2.33 bits per heavy atom. The van der Waals surface area contributed by atoms with E-state index in [1.54, 1.807) is 0 Å². The van der Waals surface area contributed by atoms with Crippen molar-refractivity contribution in [3.8, 4) is 0 Å². The summed E-state index contributed by atoms with van der Waals surface area (Å²) in [5.41, 5.74) is 6.58. The number of unbranched alkanes of at least 4 members (excludes halogenated alkanes) is 1. The minimum atomic E-state index is 0.300. The fourth-order valence-electron chi connectivity index (χ4n) is 2.60. The number of hydrogen-bond acceptors (Lipinski definition) is 2. The average molecular weight is 255 g/mol. The van der Waals surface area contributed by atoms with E-state index in [-0.39, 0.29) is 0 Å². The monoisotopic (exact) mass is 255 g/mol. The first-order valence-corrected chi connectivity index (χ1v) is 7.66. The quantitative estimate of drug-likeness (QED) is 0.694. The summed E-state index contributed by atoms with van der Waals surface area (Å²) in [4.78, 5) is 0. The zero-order valence-corrected chi connectivity index (χ0v) is 12.9. The predicted molar refractivity (Wildman–Crippen MR) is 78.7 cm³/mol. The summed E-state index contributed by atoms with van der Waals surface area (Å²) in [5.74, 6) is 0. The van der Waals surface area contributed by atoms with Gasteiger partial charge in [0.05, 0.1) is 6.10 Å². The van der Waals surface area contributed by atoms with Gasteiger partial charge in [-0.1, -0.05) is 34.1 Å². The van der Waals surface area contributed by atoms with Gasteiger partial charge in [-0.05, 0) is 55.9 Å². The molecule has 18 heavy (non-hydrogen) atoms. The van der Waals surface area contributed by atoms with Gasteiger partial charge in [-0.2, -0.15) is 0 Å². The predicted octanol–water partition coefficient (Wildman–Crippen LogP) is 4.13. The third-order valence-electron chi connectivity index (χ3n) is 4.44. The van der Waals surface area contributed by atoms with Gasteiger partial charge in [-0.25, -0.2) is 0 Å². The van der Waals surface area contributed by atoms with E-state index in [1.807, 2.05) is 0 Å². The molecule has 0 saturated heterocycles. The molecule has 108 valence electrons. The standard InChI is InChI=1S/C16H33NO/c1-15(2)10-7-14(8-11-15)18-12-6-5-9-16(3,4)13-17/h14H,5-13,17H2,1-4H3. The van der Waals surface area contributed by atoms with E-state index < -0.39 is 0 Å². The van der Waals surface area contributed by atoms with Gasteiger partial charge < -0.3 is 10.5 Å². The number of ether oxygens (including phenoxy) is 1.